The summed E-state index contributed by atoms with van der Waals surface area (Å²) in [4.78, 5) is 15.5. The molecule has 2 bridgehead atoms. The van der Waals surface area contributed by atoms with Crippen LogP contribution < -0.4 is 4.74 Å². The van der Waals surface area contributed by atoms with Crippen molar-refractivity contribution in [2.45, 2.75) is 50.0 Å². The Balaban J connectivity index is 1.57. The predicted molar refractivity (Wildman–Crippen MR) is 106 cm³/mol. The summed E-state index contributed by atoms with van der Waals surface area (Å²) in [5, 5.41) is 0. The molecule has 3 aliphatic rings. The largest absolute Gasteiger partial charge is 0.497 e. The molecule has 2 aliphatic carbocycles. The number of fused-ring (bicyclic) bond motifs is 1. The smallest absolute Gasteiger partial charge is 0.254 e. The number of carbonyl (C=O) groups excluding carboxylic acids is 1. The summed E-state index contributed by atoms with van der Waals surface area (Å²) in [6.07, 6.45) is 7.13. The normalized spacial score (nSPS) is 28.9. The predicted octanol–water partition coefficient (Wildman–Crippen LogP) is 4.59. The van der Waals surface area contributed by atoms with Crippen LogP contribution >= 0.6 is 0 Å². The molecule has 3 heteroatoms. The molecule has 1 heterocycles. The van der Waals surface area contributed by atoms with Crippen molar-refractivity contribution in [3.63, 3.8) is 0 Å². The molecule has 0 radical (unpaired) electrons. The number of methoxy groups -OCH3 is 1. The van der Waals surface area contributed by atoms with Crippen LogP contribution in [-0.2, 0) is 11.8 Å². The van der Waals surface area contributed by atoms with Crippen LogP contribution in [0.25, 0.3) is 0 Å². The highest BCUT2D eigenvalue weighted by molar-refractivity contribution is 5.94. The van der Waals surface area contributed by atoms with Crippen LogP contribution in [0.5, 0.6) is 5.75 Å². The molecule has 0 aromatic heterocycles. The van der Waals surface area contributed by atoms with E-state index >= 15 is 0 Å². The second kappa shape index (κ2) is 6.40. The maximum atomic E-state index is 13.3. The third-order valence-electron chi connectivity index (χ3n) is 7.33. The summed E-state index contributed by atoms with van der Waals surface area (Å²) in [6.45, 7) is 0.867. The molecule has 1 saturated heterocycles. The lowest BCUT2D eigenvalue weighted by molar-refractivity contribution is -0.00442. The average Bonchev–Trinajstić information content (AvgIpc) is 2.74. The molecule has 2 fully saturated rings. The van der Waals surface area contributed by atoms with Crippen molar-refractivity contribution < 1.29 is 9.53 Å². The Morgan fingerprint density at radius 1 is 1.11 bits per heavy atom. The van der Waals surface area contributed by atoms with Gasteiger partial charge in [0, 0.05) is 23.6 Å². The standard InChI is InChI=1S/C24H27NO2/c1-27-19-11-10-18-15-22-20-9-5-6-12-24(20,21(18)16-19)13-14-25(22)23(26)17-7-3-2-4-8-17/h2-4,7-8,10-11,16,20,22H,5-6,9,12-15H2,1H3/t20-,22+,24+/m0/s1. The Morgan fingerprint density at radius 2 is 1.96 bits per heavy atom. The van der Waals surface area contributed by atoms with Gasteiger partial charge in [-0.25, -0.2) is 0 Å². The fourth-order valence-electron chi connectivity index (χ4n) is 6.11. The number of ether oxygens (including phenoxy) is 1. The molecule has 1 amide bonds. The molecule has 0 spiro atoms. The average molecular weight is 361 g/mol. The molecule has 3 nitrogen and oxygen atoms in total. The van der Waals surface area contributed by atoms with Gasteiger partial charge in [-0.3, -0.25) is 4.79 Å². The summed E-state index contributed by atoms with van der Waals surface area (Å²) in [7, 11) is 1.75. The maximum Gasteiger partial charge on any atom is 0.254 e. The van der Waals surface area contributed by atoms with E-state index in [-0.39, 0.29) is 11.3 Å². The van der Waals surface area contributed by atoms with Gasteiger partial charge in [-0.1, -0.05) is 37.1 Å². The quantitative estimate of drug-likeness (QED) is 0.783. The van der Waals surface area contributed by atoms with Gasteiger partial charge in [0.2, 0.25) is 0 Å². The highest BCUT2D eigenvalue weighted by atomic mass is 16.5. The Morgan fingerprint density at radius 3 is 2.78 bits per heavy atom. The number of benzene rings is 2. The van der Waals surface area contributed by atoms with Crippen molar-refractivity contribution >= 4 is 5.91 Å². The summed E-state index contributed by atoms with van der Waals surface area (Å²) < 4.78 is 5.55. The van der Waals surface area contributed by atoms with Crippen molar-refractivity contribution in [1.29, 1.82) is 0 Å². The minimum Gasteiger partial charge on any atom is -0.497 e. The topological polar surface area (TPSA) is 29.5 Å². The SMILES string of the molecule is COc1ccc2c(c1)[C@@]13CCCC[C@H]1[C@@H](C2)N(C(=O)c1ccccc1)CC3. The van der Waals surface area contributed by atoms with Crippen molar-refractivity contribution in [3.05, 3.63) is 65.2 Å². The number of hydrogen-bond donors (Lipinski definition) is 0. The van der Waals surface area contributed by atoms with E-state index in [1.165, 1.54) is 36.8 Å². The number of carbonyl (C=O) groups is 1. The van der Waals surface area contributed by atoms with E-state index < -0.39 is 0 Å². The molecule has 3 atom stereocenters. The van der Waals surface area contributed by atoms with E-state index in [9.17, 15) is 4.79 Å². The van der Waals surface area contributed by atoms with Crippen molar-refractivity contribution in [2.75, 3.05) is 13.7 Å². The van der Waals surface area contributed by atoms with Crippen LogP contribution in [0.3, 0.4) is 0 Å². The molecule has 140 valence electrons. The lowest BCUT2D eigenvalue weighted by Crippen LogP contribution is -2.62. The van der Waals surface area contributed by atoms with E-state index in [4.69, 9.17) is 4.74 Å². The third-order valence-corrected chi connectivity index (χ3v) is 7.33. The number of hydrogen-bond acceptors (Lipinski definition) is 2. The molecule has 1 aliphatic heterocycles. The van der Waals surface area contributed by atoms with Crippen LogP contribution in [0.4, 0.5) is 0 Å². The number of amides is 1. The lowest BCUT2D eigenvalue weighted by Gasteiger charge is -2.59. The van der Waals surface area contributed by atoms with Gasteiger partial charge >= 0.3 is 0 Å². The van der Waals surface area contributed by atoms with E-state index in [0.717, 1.165) is 30.7 Å². The Hall–Kier alpha value is -2.29. The first-order valence-electron chi connectivity index (χ1n) is 10.3. The molecule has 1 saturated carbocycles. The van der Waals surface area contributed by atoms with Crippen LogP contribution in [0.2, 0.25) is 0 Å². The third kappa shape index (κ3) is 2.51. The van der Waals surface area contributed by atoms with Gasteiger partial charge in [-0.2, -0.15) is 0 Å². The second-order valence-corrected chi connectivity index (χ2v) is 8.42. The van der Waals surface area contributed by atoms with Gasteiger partial charge in [-0.15, -0.1) is 0 Å². The summed E-state index contributed by atoms with van der Waals surface area (Å²) >= 11 is 0. The van der Waals surface area contributed by atoms with Gasteiger partial charge < -0.3 is 9.64 Å². The molecule has 0 unspecified atom stereocenters. The molecular weight excluding hydrogens is 334 g/mol. The van der Waals surface area contributed by atoms with Crippen LogP contribution in [-0.4, -0.2) is 30.5 Å². The fourth-order valence-corrected chi connectivity index (χ4v) is 6.11. The second-order valence-electron chi connectivity index (χ2n) is 8.42. The number of rotatable bonds is 2. The highest BCUT2D eigenvalue weighted by Crippen LogP contribution is 2.56. The monoisotopic (exact) mass is 361 g/mol. The number of nitrogens with zero attached hydrogens (tertiary/aromatic N) is 1. The molecule has 27 heavy (non-hydrogen) atoms. The van der Waals surface area contributed by atoms with Crippen molar-refractivity contribution in [1.82, 2.24) is 4.90 Å². The van der Waals surface area contributed by atoms with E-state index in [1.807, 2.05) is 30.3 Å². The Kier molecular flexibility index (Phi) is 3.99. The van der Waals surface area contributed by atoms with Crippen molar-refractivity contribution in [2.24, 2.45) is 5.92 Å². The number of likely N-dealkylation sites (tertiary alicyclic amines) is 1. The fraction of sp³-hybridized carbons (Fsp3) is 0.458. The minimum atomic E-state index is 0.205. The number of piperidine rings is 1. The first-order valence-corrected chi connectivity index (χ1v) is 10.3. The van der Waals surface area contributed by atoms with Gasteiger partial charge in [-0.05, 0) is 67.0 Å². The Bertz CT molecular complexity index is 862. The summed E-state index contributed by atoms with van der Waals surface area (Å²) in [6, 6.07) is 16.7. The van der Waals surface area contributed by atoms with Gasteiger partial charge in [0.15, 0.2) is 0 Å². The molecule has 2 aromatic rings. The zero-order valence-electron chi connectivity index (χ0n) is 16.0. The molecule has 5 rings (SSSR count). The first-order chi connectivity index (χ1) is 13.2. The van der Waals surface area contributed by atoms with Crippen LogP contribution in [0, 0.1) is 5.92 Å². The first kappa shape index (κ1) is 16.9. The van der Waals surface area contributed by atoms with Crippen LogP contribution in [0.1, 0.15) is 53.6 Å². The maximum absolute atomic E-state index is 13.3. The van der Waals surface area contributed by atoms with E-state index in [0.29, 0.717) is 12.0 Å². The van der Waals surface area contributed by atoms with Crippen LogP contribution in [0.15, 0.2) is 48.5 Å². The van der Waals surface area contributed by atoms with Gasteiger partial charge in [0.1, 0.15) is 5.75 Å². The minimum absolute atomic E-state index is 0.205. The molecule has 2 aromatic carbocycles. The van der Waals surface area contributed by atoms with Gasteiger partial charge in [0.05, 0.1) is 7.11 Å². The summed E-state index contributed by atoms with van der Waals surface area (Å²) in [5.74, 6) is 1.75. The zero-order valence-corrected chi connectivity index (χ0v) is 16.0. The highest BCUT2D eigenvalue weighted by Gasteiger charge is 2.54. The van der Waals surface area contributed by atoms with Crippen molar-refractivity contribution in [3.8, 4) is 5.75 Å². The lowest BCUT2D eigenvalue weighted by atomic mass is 9.52. The van der Waals surface area contributed by atoms with Gasteiger partial charge in [0.25, 0.3) is 5.91 Å². The molecule has 0 N–H and O–H groups in total. The zero-order chi connectivity index (χ0) is 18.4. The summed E-state index contributed by atoms with van der Waals surface area (Å²) in [5.41, 5.74) is 3.99. The Labute approximate surface area is 161 Å². The van der Waals surface area contributed by atoms with E-state index in [1.54, 1.807) is 7.11 Å². The van der Waals surface area contributed by atoms with E-state index in [2.05, 4.69) is 23.1 Å². The molecular formula is C24H27NO2.